The zero-order valence-electron chi connectivity index (χ0n) is 10.6. The number of carbonyl (C=O) groups excluding carboxylic acids is 2. The molecule has 0 aromatic heterocycles. The third-order valence-electron chi connectivity index (χ3n) is 2.31. The summed E-state index contributed by atoms with van der Waals surface area (Å²) in [7, 11) is 1.80. The number of Topliss-reactive ketones (excluding diaryl/α,β-unsaturated/α-hetero) is 1. The monoisotopic (exact) mass is 213 g/mol. The summed E-state index contributed by atoms with van der Waals surface area (Å²) < 4.78 is 0. The lowest BCUT2D eigenvalue weighted by molar-refractivity contribution is -0.132. The van der Waals surface area contributed by atoms with Crippen molar-refractivity contribution in [2.24, 2.45) is 5.41 Å². The molecule has 1 amide bonds. The molecule has 0 aromatic carbocycles. The maximum absolute atomic E-state index is 11.5. The first kappa shape index (κ1) is 14.1. The van der Waals surface area contributed by atoms with Crippen LogP contribution in [0.2, 0.25) is 0 Å². The molecule has 0 aromatic rings. The van der Waals surface area contributed by atoms with Crippen molar-refractivity contribution in [2.45, 2.75) is 47.0 Å². The molecular weight excluding hydrogens is 190 g/mol. The van der Waals surface area contributed by atoms with E-state index in [1.54, 1.807) is 11.9 Å². The maximum atomic E-state index is 11.5. The van der Waals surface area contributed by atoms with Gasteiger partial charge in [-0.1, -0.05) is 20.8 Å². The molecule has 0 bridgehead atoms. The van der Waals surface area contributed by atoms with E-state index < -0.39 is 0 Å². The Morgan fingerprint density at radius 1 is 1.13 bits per heavy atom. The number of ketones is 1. The van der Waals surface area contributed by atoms with Gasteiger partial charge in [0.1, 0.15) is 5.78 Å². The van der Waals surface area contributed by atoms with E-state index in [0.29, 0.717) is 12.8 Å². The highest BCUT2D eigenvalue weighted by Gasteiger charge is 2.14. The highest BCUT2D eigenvalue weighted by molar-refractivity contribution is 5.83. The van der Waals surface area contributed by atoms with Crippen molar-refractivity contribution in [2.75, 3.05) is 13.6 Å². The highest BCUT2D eigenvalue weighted by Crippen LogP contribution is 2.18. The van der Waals surface area contributed by atoms with Crippen molar-refractivity contribution in [3.05, 3.63) is 0 Å². The fourth-order valence-electron chi connectivity index (χ4n) is 1.10. The minimum Gasteiger partial charge on any atom is -0.346 e. The van der Waals surface area contributed by atoms with Crippen molar-refractivity contribution < 1.29 is 9.59 Å². The van der Waals surface area contributed by atoms with Crippen LogP contribution in [0.5, 0.6) is 0 Å². The Labute approximate surface area is 92.8 Å². The van der Waals surface area contributed by atoms with E-state index >= 15 is 0 Å². The smallest absolute Gasteiger partial charge is 0.222 e. The SMILES string of the molecule is CC(=O)CCC(=O)N(C)CCC(C)(C)C. The Hall–Kier alpha value is -0.860. The van der Waals surface area contributed by atoms with Gasteiger partial charge in [-0.25, -0.2) is 0 Å². The molecular formula is C12H23NO2. The summed E-state index contributed by atoms with van der Waals surface area (Å²) in [6.07, 6.45) is 1.68. The van der Waals surface area contributed by atoms with Crippen LogP contribution in [0.4, 0.5) is 0 Å². The molecule has 0 aliphatic heterocycles. The van der Waals surface area contributed by atoms with Crippen LogP contribution in [0.1, 0.15) is 47.0 Å². The molecule has 0 N–H and O–H groups in total. The second kappa shape index (κ2) is 5.89. The Balaban J connectivity index is 3.84. The number of rotatable bonds is 5. The van der Waals surface area contributed by atoms with Gasteiger partial charge in [0, 0.05) is 26.4 Å². The van der Waals surface area contributed by atoms with Gasteiger partial charge in [0.2, 0.25) is 5.91 Å². The quantitative estimate of drug-likeness (QED) is 0.702. The lowest BCUT2D eigenvalue weighted by atomic mass is 9.92. The van der Waals surface area contributed by atoms with Gasteiger partial charge >= 0.3 is 0 Å². The Bertz CT molecular complexity index is 228. The average Bonchev–Trinajstić information content (AvgIpc) is 2.08. The number of nitrogens with zero attached hydrogens (tertiary/aromatic N) is 1. The molecule has 0 atom stereocenters. The molecule has 0 unspecified atom stereocenters. The molecule has 0 aliphatic carbocycles. The zero-order valence-corrected chi connectivity index (χ0v) is 10.6. The van der Waals surface area contributed by atoms with Gasteiger partial charge in [-0.3, -0.25) is 4.79 Å². The minimum atomic E-state index is 0.0643. The topological polar surface area (TPSA) is 37.4 Å². The van der Waals surface area contributed by atoms with Gasteiger partial charge in [0.05, 0.1) is 0 Å². The molecule has 0 fully saturated rings. The van der Waals surface area contributed by atoms with E-state index in [1.807, 2.05) is 0 Å². The Kier molecular flexibility index (Phi) is 5.55. The van der Waals surface area contributed by atoms with Crippen LogP contribution < -0.4 is 0 Å². The molecule has 3 heteroatoms. The normalized spacial score (nSPS) is 11.3. The largest absolute Gasteiger partial charge is 0.346 e. The van der Waals surface area contributed by atoms with Crippen LogP contribution in [0, 0.1) is 5.41 Å². The molecule has 3 nitrogen and oxygen atoms in total. The first-order valence-corrected chi connectivity index (χ1v) is 5.46. The van der Waals surface area contributed by atoms with Crippen molar-refractivity contribution in [1.82, 2.24) is 4.90 Å². The number of hydrogen-bond acceptors (Lipinski definition) is 2. The van der Waals surface area contributed by atoms with E-state index in [2.05, 4.69) is 20.8 Å². The number of amides is 1. The molecule has 0 heterocycles. The Morgan fingerprint density at radius 2 is 1.67 bits per heavy atom. The molecule has 0 radical (unpaired) electrons. The predicted molar refractivity (Wildman–Crippen MR) is 61.6 cm³/mol. The first-order valence-electron chi connectivity index (χ1n) is 5.46. The average molecular weight is 213 g/mol. The summed E-state index contributed by atoms with van der Waals surface area (Å²) in [4.78, 5) is 24.0. The fraction of sp³-hybridized carbons (Fsp3) is 0.833. The highest BCUT2D eigenvalue weighted by atomic mass is 16.2. The van der Waals surface area contributed by atoms with Crippen LogP contribution in [-0.4, -0.2) is 30.2 Å². The van der Waals surface area contributed by atoms with Crippen molar-refractivity contribution in [3.8, 4) is 0 Å². The molecule has 0 aliphatic rings. The van der Waals surface area contributed by atoms with Crippen molar-refractivity contribution in [3.63, 3.8) is 0 Å². The van der Waals surface area contributed by atoms with Gasteiger partial charge < -0.3 is 9.69 Å². The van der Waals surface area contributed by atoms with E-state index in [1.165, 1.54) is 6.92 Å². The van der Waals surface area contributed by atoms with Gasteiger partial charge in [-0.05, 0) is 18.8 Å². The number of hydrogen-bond donors (Lipinski definition) is 0. The van der Waals surface area contributed by atoms with Crippen molar-refractivity contribution >= 4 is 11.7 Å². The summed E-state index contributed by atoms with van der Waals surface area (Å²) in [5.41, 5.74) is 0.245. The predicted octanol–water partition coefficient (Wildman–Crippen LogP) is 2.25. The Morgan fingerprint density at radius 3 is 2.07 bits per heavy atom. The van der Waals surface area contributed by atoms with Gasteiger partial charge in [-0.2, -0.15) is 0 Å². The van der Waals surface area contributed by atoms with E-state index in [-0.39, 0.29) is 17.1 Å². The van der Waals surface area contributed by atoms with E-state index in [0.717, 1.165) is 13.0 Å². The second-order valence-corrected chi connectivity index (χ2v) is 5.33. The summed E-state index contributed by atoms with van der Waals surface area (Å²) in [6.45, 7) is 8.74. The standard InChI is InChI=1S/C12H23NO2/c1-10(14)6-7-11(15)13(5)9-8-12(2,3)4/h6-9H2,1-5H3. The third kappa shape index (κ3) is 8.16. The second-order valence-electron chi connectivity index (χ2n) is 5.33. The lowest BCUT2D eigenvalue weighted by Gasteiger charge is -2.23. The van der Waals surface area contributed by atoms with Crippen LogP contribution in [0.3, 0.4) is 0 Å². The van der Waals surface area contributed by atoms with Crippen LogP contribution in [-0.2, 0) is 9.59 Å². The molecule has 0 saturated heterocycles. The zero-order chi connectivity index (χ0) is 12.1. The molecule has 15 heavy (non-hydrogen) atoms. The van der Waals surface area contributed by atoms with Gasteiger partial charge in [0.15, 0.2) is 0 Å². The van der Waals surface area contributed by atoms with Crippen LogP contribution in [0.15, 0.2) is 0 Å². The lowest BCUT2D eigenvalue weighted by Crippen LogP contribution is -2.30. The summed E-state index contributed by atoms with van der Waals surface area (Å²) >= 11 is 0. The first-order chi connectivity index (χ1) is 6.72. The molecule has 0 rings (SSSR count). The molecule has 88 valence electrons. The summed E-state index contributed by atoms with van der Waals surface area (Å²) in [5, 5.41) is 0. The number of carbonyl (C=O) groups is 2. The van der Waals surface area contributed by atoms with Gasteiger partial charge in [-0.15, -0.1) is 0 Å². The van der Waals surface area contributed by atoms with E-state index in [9.17, 15) is 9.59 Å². The summed E-state index contributed by atoms with van der Waals surface area (Å²) in [6, 6.07) is 0. The van der Waals surface area contributed by atoms with Crippen molar-refractivity contribution in [1.29, 1.82) is 0 Å². The van der Waals surface area contributed by atoms with Gasteiger partial charge in [0.25, 0.3) is 0 Å². The summed E-state index contributed by atoms with van der Waals surface area (Å²) in [5.74, 6) is 0.141. The van der Waals surface area contributed by atoms with Crippen LogP contribution in [0.25, 0.3) is 0 Å². The maximum Gasteiger partial charge on any atom is 0.222 e. The minimum absolute atomic E-state index is 0.0643. The fourth-order valence-corrected chi connectivity index (χ4v) is 1.10. The molecule has 0 spiro atoms. The van der Waals surface area contributed by atoms with E-state index in [4.69, 9.17) is 0 Å². The molecule has 0 saturated carbocycles. The van der Waals surface area contributed by atoms with Crippen LogP contribution >= 0.6 is 0 Å². The third-order valence-corrected chi connectivity index (χ3v) is 2.31.